The fraction of sp³-hybridized carbons (Fsp3) is 0.200. The van der Waals surface area contributed by atoms with Gasteiger partial charge in [0.2, 0.25) is 10.0 Å². The zero-order valence-corrected chi connectivity index (χ0v) is 13.4. The summed E-state index contributed by atoms with van der Waals surface area (Å²) in [6.07, 6.45) is 0. The Morgan fingerprint density at radius 1 is 1.19 bits per heavy atom. The summed E-state index contributed by atoms with van der Waals surface area (Å²) in [6, 6.07) is 12.1. The first-order valence-electron chi connectivity index (χ1n) is 6.38. The topological polar surface area (TPSA) is 63.4 Å². The van der Waals surface area contributed by atoms with Gasteiger partial charge in [-0.2, -0.15) is 4.31 Å². The second-order valence-electron chi connectivity index (χ2n) is 4.88. The summed E-state index contributed by atoms with van der Waals surface area (Å²) in [6.45, 7) is 2.23. The van der Waals surface area contributed by atoms with Gasteiger partial charge in [-0.3, -0.25) is 0 Å². The largest absolute Gasteiger partial charge is 0.399 e. The van der Waals surface area contributed by atoms with Gasteiger partial charge < -0.3 is 5.73 Å². The summed E-state index contributed by atoms with van der Waals surface area (Å²) in [5.74, 6) is 0. The smallest absolute Gasteiger partial charge is 0.244 e. The molecule has 0 aliphatic rings. The van der Waals surface area contributed by atoms with Crippen LogP contribution in [-0.2, 0) is 16.6 Å². The summed E-state index contributed by atoms with van der Waals surface area (Å²) >= 11 is 6.00. The minimum absolute atomic E-state index is 0.0280. The number of benzene rings is 2. The number of nitrogen functional groups attached to an aromatic ring is 1. The zero-order chi connectivity index (χ0) is 15.6. The monoisotopic (exact) mass is 324 g/mol. The molecule has 0 aromatic heterocycles. The van der Waals surface area contributed by atoms with Crippen molar-refractivity contribution in [3.63, 3.8) is 0 Å². The highest BCUT2D eigenvalue weighted by Crippen LogP contribution is 2.27. The van der Waals surface area contributed by atoms with Crippen LogP contribution in [-0.4, -0.2) is 19.8 Å². The van der Waals surface area contributed by atoms with Gasteiger partial charge in [-0.15, -0.1) is 0 Å². The lowest BCUT2D eigenvalue weighted by Gasteiger charge is -2.19. The second-order valence-corrected chi connectivity index (χ2v) is 7.30. The van der Waals surface area contributed by atoms with Crippen molar-refractivity contribution in [2.24, 2.45) is 0 Å². The van der Waals surface area contributed by atoms with E-state index in [-0.39, 0.29) is 16.5 Å². The number of hydrogen-bond acceptors (Lipinski definition) is 3. The number of rotatable bonds is 4. The molecule has 0 radical (unpaired) electrons. The van der Waals surface area contributed by atoms with Gasteiger partial charge in [0, 0.05) is 19.3 Å². The number of halogens is 1. The second kappa shape index (κ2) is 6.05. The molecule has 21 heavy (non-hydrogen) atoms. The Balaban J connectivity index is 2.35. The predicted molar refractivity (Wildman–Crippen MR) is 85.7 cm³/mol. The van der Waals surface area contributed by atoms with E-state index in [0.717, 1.165) is 11.1 Å². The Hall–Kier alpha value is -1.56. The van der Waals surface area contributed by atoms with E-state index in [0.29, 0.717) is 5.69 Å². The first kappa shape index (κ1) is 15.8. The van der Waals surface area contributed by atoms with Gasteiger partial charge in [0.25, 0.3) is 0 Å². The molecule has 0 amide bonds. The highest BCUT2D eigenvalue weighted by molar-refractivity contribution is 7.89. The number of anilines is 1. The van der Waals surface area contributed by atoms with E-state index < -0.39 is 10.0 Å². The van der Waals surface area contributed by atoms with Crippen molar-refractivity contribution in [2.45, 2.75) is 18.4 Å². The lowest BCUT2D eigenvalue weighted by Crippen LogP contribution is -2.27. The van der Waals surface area contributed by atoms with Crippen molar-refractivity contribution in [1.29, 1.82) is 0 Å². The molecule has 0 fully saturated rings. The molecule has 2 N–H and O–H groups in total. The van der Waals surface area contributed by atoms with Crippen molar-refractivity contribution in [2.75, 3.05) is 12.8 Å². The third kappa shape index (κ3) is 3.37. The Bertz CT molecular complexity index is 760. The molecule has 0 unspecified atom stereocenters. The Morgan fingerprint density at radius 3 is 2.52 bits per heavy atom. The van der Waals surface area contributed by atoms with Gasteiger partial charge in [-0.1, -0.05) is 35.9 Å². The predicted octanol–water partition coefficient (Wildman–Crippen LogP) is 3.05. The summed E-state index contributed by atoms with van der Waals surface area (Å²) in [4.78, 5) is 0.0280. The molecule has 0 atom stereocenters. The fourth-order valence-corrected chi connectivity index (χ4v) is 3.65. The minimum atomic E-state index is -3.69. The first-order valence-corrected chi connectivity index (χ1v) is 8.20. The van der Waals surface area contributed by atoms with Crippen molar-refractivity contribution in [3.05, 3.63) is 58.6 Å². The standard InChI is InChI=1S/C15H17ClN2O2S/c1-11-5-3-4-6-12(11)10-18(2)21(19,20)15-9-13(17)7-8-14(15)16/h3-9H,10,17H2,1-2H3. The van der Waals surface area contributed by atoms with Crippen molar-refractivity contribution in [3.8, 4) is 0 Å². The maximum absolute atomic E-state index is 12.6. The molecule has 6 heteroatoms. The maximum atomic E-state index is 12.6. The van der Waals surface area contributed by atoms with E-state index in [9.17, 15) is 8.42 Å². The molecule has 2 aromatic rings. The third-order valence-corrected chi connectivity index (χ3v) is 5.58. The lowest BCUT2D eigenvalue weighted by atomic mass is 10.1. The molecule has 0 spiro atoms. The van der Waals surface area contributed by atoms with Crippen LogP contribution < -0.4 is 5.73 Å². The summed E-state index contributed by atoms with van der Waals surface area (Å²) < 4.78 is 26.5. The Kier molecular flexibility index (Phi) is 4.56. The molecule has 112 valence electrons. The SMILES string of the molecule is Cc1ccccc1CN(C)S(=O)(=O)c1cc(N)ccc1Cl. The highest BCUT2D eigenvalue weighted by atomic mass is 35.5. The van der Waals surface area contributed by atoms with Crippen LogP contribution in [0.2, 0.25) is 5.02 Å². The van der Waals surface area contributed by atoms with Gasteiger partial charge in [0.1, 0.15) is 4.90 Å². The first-order chi connectivity index (χ1) is 9.82. The Morgan fingerprint density at radius 2 is 1.86 bits per heavy atom. The number of nitrogens with zero attached hydrogens (tertiary/aromatic N) is 1. The number of sulfonamides is 1. The molecule has 0 bridgehead atoms. The summed E-state index contributed by atoms with van der Waals surface area (Å²) in [5, 5.41) is 0.167. The molecule has 0 saturated carbocycles. The van der Waals surface area contributed by atoms with E-state index in [1.807, 2.05) is 31.2 Å². The summed E-state index contributed by atoms with van der Waals surface area (Å²) in [5.41, 5.74) is 8.01. The van der Waals surface area contributed by atoms with Gasteiger partial charge >= 0.3 is 0 Å². The van der Waals surface area contributed by atoms with Gasteiger partial charge in [-0.05, 0) is 36.2 Å². The minimum Gasteiger partial charge on any atom is -0.399 e. The normalized spacial score (nSPS) is 11.8. The van der Waals surface area contributed by atoms with Crippen LogP contribution in [0.25, 0.3) is 0 Å². The van der Waals surface area contributed by atoms with Crippen LogP contribution in [0.15, 0.2) is 47.4 Å². The zero-order valence-electron chi connectivity index (χ0n) is 11.9. The molecule has 0 aliphatic carbocycles. The summed E-state index contributed by atoms with van der Waals surface area (Å²) in [7, 11) is -2.16. The van der Waals surface area contributed by atoms with Crippen LogP contribution >= 0.6 is 11.6 Å². The van der Waals surface area contributed by atoms with Crippen molar-refractivity contribution >= 4 is 27.3 Å². The molecule has 0 heterocycles. The molecule has 4 nitrogen and oxygen atoms in total. The fourth-order valence-electron chi connectivity index (χ4n) is 2.00. The highest BCUT2D eigenvalue weighted by Gasteiger charge is 2.24. The maximum Gasteiger partial charge on any atom is 0.244 e. The third-order valence-electron chi connectivity index (χ3n) is 3.30. The van der Waals surface area contributed by atoms with Crippen LogP contribution in [0.1, 0.15) is 11.1 Å². The van der Waals surface area contributed by atoms with Crippen LogP contribution in [0, 0.1) is 6.92 Å². The van der Waals surface area contributed by atoms with E-state index in [1.165, 1.54) is 23.5 Å². The average Bonchev–Trinajstić information content (AvgIpc) is 2.43. The van der Waals surface area contributed by atoms with Crippen LogP contribution in [0.5, 0.6) is 0 Å². The van der Waals surface area contributed by atoms with Gasteiger partial charge in [0.15, 0.2) is 0 Å². The van der Waals surface area contributed by atoms with Crippen molar-refractivity contribution < 1.29 is 8.42 Å². The lowest BCUT2D eigenvalue weighted by molar-refractivity contribution is 0.466. The molecule has 2 aromatic carbocycles. The number of nitrogens with two attached hydrogens (primary N) is 1. The van der Waals surface area contributed by atoms with Crippen molar-refractivity contribution in [1.82, 2.24) is 4.31 Å². The van der Waals surface area contributed by atoms with Gasteiger partial charge in [-0.25, -0.2) is 8.42 Å². The Labute approximate surface area is 130 Å². The number of hydrogen-bond donors (Lipinski definition) is 1. The van der Waals surface area contributed by atoms with E-state index in [4.69, 9.17) is 17.3 Å². The molecular formula is C15H17ClN2O2S. The average molecular weight is 325 g/mol. The molecule has 2 rings (SSSR count). The quantitative estimate of drug-likeness (QED) is 0.879. The molecule has 0 saturated heterocycles. The van der Waals surface area contributed by atoms with Crippen LogP contribution in [0.4, 0.5) is 5.69 Å². The van der Waals surface area contributed by atoms with E-state index in [1.54, 1.807) is 6.07 Å². The number of aryl methyl sites for hydroxylation is 1. The van der Waals surface area contributed by atoms with E-state index in [2.05, 4.69) is 0 Å². The molecule has 0 aliphatic heterocycles. The van der Waals surface area contributed by atoms with Gasteiger partial charge in [0.05, 0.1) is 5.02 Å². The molecular weight excluding hydrogens is 308 g/mol. The van der Waals surface area contributed by atoms with E-state index >= 15 is 0 Å². The van der Waals surface area contributed by atoms with Crippen LogP contribution in [0.3, 0.4) is 0 Å².